The number of amides is 1. The van der Waals surface area contributed by atoms with Crippen molar-refractivity contribution in [2.24, 2.45) is 0 Å². The van der Waals surface area contributed by atoms with Crippen molar-refractivity contribution in [2.75, 3.05) is 5.32 Å². The van der Waals surface area contributed by atoms with E-state index < -0.39 is 5.97 Å². The molecule has 1 N–H and O–H groups in total. The minimum Gasteiger partial charge on any atom is -0.457 e. The number of aryl methyl sites for hydroxylation is 1. The zero-order valence-electron chi connectivity index (χ0n) is 12.7. The fourth-order valence-corrected chi connectivity index (χ4v) is 1.88. The van der Waals surface area contributed by atoms with Gasteiger partial charge in [-0.15, -0.1) is 0 Å². The predicted octanol–water partition coefficient (Wildman–Crippen LogP) is 3.20. The van der Waals surface area contributed by atoms with E-state index in [1.165, 1.54) is 0 Å². The molecular formula is C18H16N2O3. The molecule has 116 valence electrons. The molecule has 0 aromatic heterocycles. The lowest BCUT2D eigenvalue weighted by Crippen LogP contribution is -2.10. The molecule has 0 radical (unpaired) electrons. The Morgan fingerprint density at radius 3 is 2.35 bits per heavy atom. The van der Waals surface area contributed by atoms with Crippen LogP contribution < -0.4 is 5.32 Å². The predicted molar refractivity (Wildman–Crippen MR) is 85.6 cm³/mol. The van der Waals surface area contributed by atoms with Crippen molar-refractivity contribution in [1.82, 2.24) is 0 Å². The summed E-state index contributed by atoms with van der Waals surface area (Å²) >= 11 is 0. The Hall–Kier alpha value is -3.13. The molecule has 0 saturated carbocycles. The molecule has 2 rings (SSSR count). The highest BCUT2D eigenvalue weighted by molar-refractivity contribution is 5.93. The molecule has 5 heteroatoms. The van der Waals surface area contributed by atoms with Gasteiger partial charge in [0, 0.05) is 5.69 Å². The van der Waals surface area contributed by atoms with E-state index in [4.69, 9.17) is 10.00 Å². The number of nitriles is 1. The summed E-state index contributed by atoms with van der Waals surface area (Å²) in [6.07, 6.45) is -0.208. The third kappa shape index (κ3) is 4.97. The number of nitrogens with zero attached hydrogens (tertiary/aromatic N) is 1. The topological polar surface area (TPSA) is 79.2 Å². The summed E-state index contributed by atoms with van der Waals surface area (Å²) in [5.74, 6) is -0.817. The Bertz CT molecular complexity index is 728. The van der Waals surface area contributed by atoms with E-state index >= 15 is 0 Å². The molecule has 0 saturated heterocycles. The van der Waals surface area contributed by atoms with Gasteiger partial charge in [-0.1, -0.05) is 29.8 Å². The van der Waals surface area contributed by atoms with Crippen LogP contribution in [-0.4, -0.2) is 11.9 Å². The second-order valence-corrected chi connectivity index (χ2v) is 5.02. The average Bonchev–Trinajstić information content (AvgIpc) is 2.55. The number of nitrogens with one attached hydrogen (secondary N) is 1. The van der Waals surface area contributed by atoms with Crippen LogP contribution in [0.3, 0.4) is 0 Å². The number of benzene rings is 2. The molecule has 1 amide bonds. The number of hydrogen-bond acceptors (Lipinski definition) is 4. The SMILES string of the molecule is Cc1ccc(COC(=O)c2ccc(NC(=O)CC#N)cc2)cc1. The number of esters is 1. The molecule has 0 spiro atoms. The lowest BCUT2D eigenvalue weighted by Gasteiger charge is -2.07. The van der Waals surface area contributed by atoms with Crippen molar-refractivity contribution in [3.8, 4) is 6.07 Å². The van der Waals surface area contributed by atoms with E-state index in [0.29, 0.717) is 11.3 Å². The first-order valence-corrected chi connectivity index (χ1v) is 7.08. The molecule has 0 atom stereocenters. The first-order valence-electron chi connectivity index (χ1n) is 7.08. The molecular weight excluding hydrogens is 292 g/mol. The zero-order chi connectivity index (χ0) is 16.7. The first-order chi connectivity index (χ1) is 11.1. The van der Waals surface area contributed by atoms with E-state index in [9.17, 15) is 9.59 Å². The quantitative estimate of drug-likeness (QED) is 0.860. The zero-order valence-corrected chi connectivity index (χ0v) is 12.7. The van der Waals surface area contributed by atoms with Crippen molar-refractivity contribution in [2.45, 2.75) is 20.0 Å². The van der Waals surface area contributed by atoms with Gasteiger partial charge < -0.3 is 10.1 Å². The molecule has 0 unspecified atom stereocenters. The Labute approximate surface area is 134 Å². The Balaban J connectivity index is 1.91. The van der Waals surface area contributed by atoms with E-state index in [0.717, 1.165) is 11.1 Å². The van der Waals surface area contributed by atoms with Gasteiger partial charge in [-0.2, -0.15) is 5.26 Å². The summed E-state index contributed by atoms with van der Waals surface area (Å²) in [4.78, 5) is 23.3. The molecule has 0 heterocycles. The number of hydrogen-bond donors (Lipinski definition) is 1. The lowest BCUT2D eigenvalue weighted by atomic mass is 10.1. The van der Waals surface area contributed by atoms with Crippen LogP contribution in [0.25, 0.3) is 0 Å². The van der Waals surface area contributed by atoms with Crippen molar-refractivity contribution >= 4 is 17.6 Å². The first kappa shape index (κ1) is 16.2. The van der Waals surface area contributed by atoms with Crippen LogP contribution in [0.15, 0.2) is 48.5 Å². The molecule has 23 heavy (non-hydrogen) atoms. The average molecular weight is 308 g/mol. The summed E-state index contributed by atoms with van der Waals surface area (Å²) in [7, 11) is 0. The van der Waals surface area contributed by atoms with Crippen molar-refractivity contribution in [3.05, 3.63) is 65.2 Å². The van der Waals surface area contributed by atoms with E-state index in [-0.39, 0.29) is 18.9 Å². The van der Waals surface area contributed by atoms with Gasteiger partial charge in [0.1, 0.15) is 13.0 Å². The van der Waals surface area contributed by atoms with Gasteiger partial charge >= 0.3 is 5.97 Å². The molecule has 0 fully saturated rings. The van der Waals surface area contributed by atoms with E-state index in [1.807, 2.05) is 31.2 Å². The molecule has 2 aromatic rings. The van der Waals surface area contributed by atoms with Crippen LogP contribution in [0.4, 0.5) is 5.69 Å². The summed E-state index contributed by atoms with van der Waals surface area (Å²) in [6, 6.07) is 15.8. The van der Waals surface area contributed by atoms with Crippen LogP contribution in [0.5, 0.6) is 0 Å². The lowest BCUT2D eigenvalue weighted by molar-refractivity contribution is -0.115. The van der Waals surface area contributed by atoms with E-state index in [2.05, 4.69) is 5.32 Å². The fourth-order valence-electron chi connectivity index (χ4n) is 1.88. The summed E-state index contributed by atoms with van der Waals surface area (Å²) in [5.41, 5.74) is 2.99. The molecule has 0 aliphatic carbocycles. The van der Waals surface area contributed by atoms with E-state index in [1.54, 1.807) is 30.3 Å². The normalized spacial score (nSPS) is 9.74. The van der Waals surface area contributed by atoms with Crippen LogP contribution in [0.2, 0.25) is 0 Å². The van der Waals surface area contributed by atoms with Crippen molar-refractivity contribution in [3.63, 3.8) is 0 Å². The van der Waals surface area contributed by atoms with Crippen LogP contribution in [-0.2, 0) is 16.1 Å². The van der Waals surface area contributed by atoms with Gasteiger partial charge in [-0.05, 0) is 36.8 Å². The number of anilines is 1. The summed E-state index contributed by atoms with van der Waals surface area (Å²) < 4.78 is 5.24. The molecule has 0 bridgehead atoms. The fraction of sp³-hybridized carbons (Fsp3) is 0.167. The third-order valence-electron chi connectivity index (χ3n) is 3.13. The Morgan fingerprint density at radius 1 is 1.09 bits per heavy atom. The van der Waals surface area contributed by atoms with Gasteiger partial charge in [0.2, 0.25) is 5.91 Å². The highest BCUT2D eigenvalue weighted by Crippen LogP contribution is 2.12. The molecule has 2 aromatic carbocycles. The van der Waals surface area contributed by atoms with Crippen LogP contribution in [0.1, 0.15) is 27.9 Å². The minimum absolute atomic E-state index is 0.208. The third-order valence-corrected chi connectivity index (χ3v) is 3.13. The maximum atomic E-state index is 12.0. The number of carbonyl (C=O) groups excluding carboxylic acids is 2. The highest BCUT2D eigenvalue weighted by atomic mass is 16.5. The number of rotatable bonds is 5. The van der Waals surface area contributed by atoms with Gasteiger partial charge in [0.15, 0.2) is 0 Å². The Kier molecular flexibility index (Phi) is 5.48. The van der Waals surface area contributed by atoms with Crippen LogP contribution in [0, 0.1) is 18.3 Å². The molecule has 0 aliphatic rings. The molecule has 0 aliphatic heterocycles. The van der Waals surface area contributed by atoms with Gasteiger partial charge in [-0.3, -0.25) is 4.79 Å². The second kappa shape index (κ2) is 7.76. The maximum absolute atomic E-state index is 12.0. The second-order valence-electron chi connectivity index (χ2n) is 5.02. The largest absolute Gasteiger partial charge is 0.457 e. The summed E-state index contributed by atoms with van der Waals surface area (Å²) in [6.45, 7) is 2.20. The van der Waals surface area contributed by atoms with Crippen molar-refractivity contribution < 1.29 is 14.3 Å². The van der Waals surface area contributed by atoms with Gasteiger partial charge in [0.25, 0.3) is 0 Å². The highest BCUT2D eigenvalue weighted by Gasteiger charge is 2.08. The standard InChI is InChI=1S/C18H16N2O3/c1-13-2-4-14(5-3-13)12-23-18(22)15-6-8-16(9-7-15)20-17(21)10-11-19/h2-9H,10,12H2,1H3,(H,20,21). The van der Waals surface area contributed by atoms with Gasteiger partial charge in [0.05, 0.1) is 11.6 Å². The number of carbonyl (C=O) groups is 2. The smallest absolute Gasteiger partial charge is 0.338 e. The maximum Gasteiger partial charge on any atom is 0.338 e. The monoisotopic (exact) mass is 308 g/mol. The van der Waals surface area contributed by atoms with Crippen LogP contribution >= 0.6 is 0 Å². The number of ether oxygens (including phenoxy) is 1. The van der Waals surface area contributed by atoms with Crippen molar-refractivity contribution in [1.29, 1.82) is 5.26 Å². The van der Waals surface area contributed by atoms with Gasteiger partial charge in [-0.25, -0.2) is 4.79 Å². The Morgan fingerprint density at radius 2 is 1.74 bits per heavy atom. The minimum atomic E-state index is -0.430. The molecule has 5 nitrogen and oxygen atoms in total. The summed E-state index contributed by atoms with van der Waals surface area (Å²) in [5, 5.41) is 11.0.